The van der Waals surface area contributed by atoms with Crippen molar-refractivity contribution in [3.63, 3.8) is 0 Å². The molecule has 6 heteroatoms. The van der Waals surface area contributed by atoms with Crippen molar-refractivity contribution in [3.05, 3.63) is 10.4 Å². The molecule has 2 atom stereocenters. The van der Waals surface area contributed by atoms with E-state index in [1.165, 1.54) is 25.7 Å². The summed E-state index contributed by atoms with van der Waals surface area (Å²) in [5, 5.41) is 22.0. The minimum atomic E-state index is -0.531. The molecule has 0 radical (unpaired) electrons. The number of hydrogen-bond acceptors (Lipinski definition) is 4. The standard InChI is InChI=1S/C13H27N3O3/c1-2-3-4-5-6-7-13(18)8-9-19-11-12(10-17)15-16-14/h12-13,17-18H,2-11H2,1H3/t12?,13-/m1/s1. The molecule has 6 nitrogen and oxygen atoms in total. The topological polar surface area (TPSA) is 98.5 Å². The number of aliphatic hydroxyl groups excluding tert-OH is 2. The Labute approximate surface area is 115 Å². The number of azide groups is 1. The van der Waals surface area contributed by atoms with Gasteiger partial charge in [0.1, 0.15) is 0 Å². The number of ether oxygens (including phenoxy) is 1. The monoisotopic (exact) mass is 273 g/mol. The highest BCUT2D eigenvalue weighted by molar-refractivity contribution is 4.64. The third-order valence-electron chi connectivity index (χ3n) is 2.97. The molecule has 0 spiro atoms. The van der Waals surface area contributed by atoms with Crippen molar-refractivity contribution in [1.82, 2.24) is 0 Å². The van der Waals surface area contributed by atoms with Crippen LogP contribution >= 0.6 is 0 Å². The van der Waals surface area contributed by atoms with Crippen LogP contribution in [-0.2, 0) is 4.74 Å². The zero-order valence-electron chi connectivity index (χ0n) is 11.9. The second kappa shape index (κ2) is 13.6. The van der Waals surface area contributed by atoms with Gasteiger partial charge in [-0.05, 0) is 18.4 Å². The largest absolute Gasteiger partial charge is 0.396 e. The van der Waals surface area contributed by atoms with Crippen molar-refractivity contribution < 1.29 is 14.9 Å². The minimum absolute atomic E-state index is 0.198. The van der Waals surface area contributed by atoms with Gasteiger partial charge in [0.05, 0.1) is 25.4 Å². The molecule has 19 heavy (non-hydrogen) atoms. The van der Waals surface area contributed by atoms with Crippen LogP contribution in [-0.4, -0.2) is 42.2 Å². The Morgan fingerprint density at radius 1 is 1.21 bits per heavy atom. The molecule has 0 aliphatic carbocycles. The normalized spacial score (nSPS) is 13.8. The van der Waals surface area contributed by atoms with Gasteiger partial charge in [0.2, 0.25) is 0 Å². The van der Waals surface area contributed by atoms with Gasteiger partial charge in [-0.25, -0.2) is 0 Å². The van der Waals surface area contributed by atoms with Crippen LogP contribution in [0.2, 0.25) is 0 Å². The van der Waals surface area contributed by atoms with Crippen molar-refractivity contribution in [2.75, 3.05) is 19.8 Å². The Hall–Kier alpha value is -0.810. The van der Waals surface area contributed by atoms with Crippen molar-refractivity contribution in [2.45, 2.75) is 64.0 Å². The number of aliphatic hydroxyl groups is 2. The number of unbranched alkanes of at least 4 members (excludes halogenated alkanes) is 4. The molecule has 0 saturated heterocycles. The third-order valence-corrected chi connectivity index (χ3v) is 2.97. The Balaban J connectivity index is 3.42. The lowest BCUT2D eigenvalue weighted by Gasteiger charge is -2.12. The maximum atomic E-state index is 9.72. The van der Waals surface area contributed by atoms with E-state index < -0.39 is 6.04 Å². The lowest BCUT2D eigenvalue weighted by atomic mass is 10.1. The molecule has 0 aromatic heterocycles. The van der Waals surface area contributed by atoms with Gasteiger partial charge >= 0.3 is 0 Å². The molecule has 0 saturated carbocycles. The van der Waals surface area contributed by atoms with E-state index in [1.54, 1.807) is 0 Å². The van der Waals surface area contributed by atoms with Crippen LogP contribution in [0.3, 0.4) is 0 Å². The summed E-state index contributed by atoms with van der Waals surface area (Å²) >= 11 is 0. The molecule has 0 aliphatic heterocycles. The maximum absolute atomic E-state index is 9.72. The molecule has 0 amide bonds. The van der Waals surface area contributed by atoms with Crippen LogP contribution in [0.25, 0.3) is 10.4 Å². The zero-order valence-corrected chi connectivity index (χ0v) is 11.9. The molecule has 1 unspecified atom stereocenters. The molecule has 0 bridgehead atoms. The Morgan fingerprint density at radius 2 is 1.95 bits per heavy atom. The molecule has 0 heterocycles. The van der Waals surface area contributed by atoms with E-state index in [9.17, 15) is 5.11 Å². The predicted molar refractivity (Wildman–Crippen MR) is 74.8 cm³/mol. The number of hydrogen-bond donors (Lipinski definition) is 2. The molecule has 0 fully saturated rings. The van der Waals surface area contributed by atoms with E-state index >= 15 is 0 Å². The molecule has 112 valence electrons. The summed E-state index contributed by atoms with van der Waals surface area (Å²) in [7, 11) is 0. The molecule has 0 aromatic rings. The fourth-order valence-corrected chi connectivity index (χ4v) is 1.76. The maximum Gasteiger partial charge on any atom is 0.0838 e. The quantitative estimate of drug-likeness (QED) is 0.233. The average molecular weight is 273 g/mol. The van der Waals surface area contributed by atoms with E-state index in [0.717, 1.165) is 12.8 Å². The summed E-state index contributed by atoms with van der Waals surface area (Å²) in [5.74, 6) is 0. The molecule has 0 aromatic carbocycles. The van der Waals surface area contributed by atoms with Crippen LogP contribution in [0, 0.1) is 0 Å². The van der Waals surface area contributed by atoms with E-state index in [4.69, 9.17) is 15.4 Å². The van der Waals surface area contributed by atoms with E-state index in [-0.39, 0.29) is 19.3 Å². The first-order chi connectivity index (χ1) is 9.24. The van der Waals surface area contributed by atoms with Crippen LogP contribution in [0.4, 0.5) is 0 Å². The summed E-state index contributed by atoms with van der Waals surface area (Å²) in [4.78, 5) is 2.62. The van der Waals surface area contributed by atoms with Crippen LogP contribution in [0.15, 0.2) is 5.11 Å². The second-order valence-corrected chi connectivity index (χ2v) is 4.76. The van der Waals surface area contributed by atoms with Gasteiger partial charge in [-0.2, -0.15) is 0 Å². The van der Waals surface area contributed by atoms with Gasteiger partial charge in [-0.3, -0.25) is 0 Å². The molecular weight excluding hydrogens is 246 g/mol. The van der Waals surface area contributed by atoms with Crippen molar-refractivity contribution in [3.8, 4) is 0 Å². The van der Waals surface area contributed by atoms with Gasteiger partial charge in [0.15, 0.2) is 0 Å². The van der Waals surface area contributed by atoms with Gasteiger partial charge in [-0.15, -0.1) is 0 Å². The molecule has 2 N–H and O–H groups in total. The van der Waals surface area contributed by atoms with Crippen molar-refractivity contribution >= 4 is 0 Å². The van der Waals surface area contributed by atoms with Crippen LogP contribution in [0.5, 0.6) is 0 Å². The first-order valence-electron chi connectivity index (χ1n) is 7.15. The highest BCUT2D eigenvalue weighted by atomic mass is 16.5. The second-order valence-electron chi connectivity index (χ2n) is 4.76. The average Bonchev–Trinajstić information content (AvgIpc) is 2.42. The Kier molecular flexibility index (Phi) is 13.0. The Morgan fingerprint density at radius 3 is 2.58 bits per heavy atom. The number of nitrogens with zero attached hydrogens (tertiary/aromatic N) is 3. The highest BCUT2D eigenvalue weighted by Gasteiger charge is 2.07. The summed E-state index contributed by atoms with van der Waals surface area (Å²) in [5.41, 5.74) is 8.22. The SMILES string of the molecule is CCCCCCC[C@@H](O)CCOCC(CO)N=[N+]=[N-]. The number of rotatable bonds is 13. The minimum Gasteiger partial charge on any atom is -0.396 e. The molecular formula is C13H27N3O3. The summed E-state index contributed by atoms with van der Waals surface area (Å²) in [6.45, 7) is 2.59. The van der Waals surface area contributed by atoms with Crippen LogP contribution in [0.1, 0.15) is 51.9 Å². The first kappa shape index (κ1) is 18.2. The van der Waals surface area contributed by atoms with Gasteiger partial charge in [0, 0.05) is 11.5 Å². The third kappa shape index (κ3) is 12.0. The van der Waals surface area contributed by atoms with E-state index in [1.807, 2.05) is 0 Å². The smallest absolute Gasteiger partial charge is 0.0838 e. The lowest BCUT2D eigenvalue weighted by Crippen LogP contribution is -2.19. The lowest BCUT2D eigenvalue weighted by molar-refractivity contribution is 0.0624. The summed E-state index contributed by atoms with van der Waals surface area (Å²) < 4.78 is 5.27. The van der Waals surface area contributed by atoms with Crippen molar-refractivity contribution in [2.24, 2.45) is 5.11 Å². The zero-order chi connectivity index (χ0) is 14.3. The van der Waals surface area contributed by atoms with E-state index in [2.05, 4.69) is 16.9 Å². The van der Waals surface area contributed by atoms with Crippen molar-refractivity contribution in [1.29, 1.82) is 0 Å². The van der Waals surface area contributed by atoms with Gasteiger partial charge in [0.25, 0.3) is 0 Å². The molecule has 0 rings (SSSR count). The first-order valence-corrected chi connectivity index (χ1v) is 7.15. The highest BCUT2D eigenvalue weighted by Crippen LogP contribution is 2.09. The van der Waals surface area contributed by atoms with Gasteiger partial charge < -0.3 is 14.9 Å². The summed E-state index contributed by atoms with van der Waals surface area (Å²) in [6.07, 6.45) is 7.04. The van der Waals surface area contributed by atoms with E-state index in [0.29, 0.717) is 13.0 Å². The summed E-state index contributed by atoms with van der Waals surface area (Å²) in [6, 6.07) is -0.531. The fourth-order valence-electron chi connectivity index (χ4n) is 1.76. The van der Waals surface area contributed by atoms with Gasteiger partial charge in [-0.1, -0.05) is 44.1 Å². The predicted octanol–water partition coefficient (Wildman–Crippen LogP) is 2.79. The molecule has 0 aliphatic rings. The fraction of sp³-hybridized carbons (Fsp3) is 1.00. The Bertz CT molecular complexity index is 245. The van der Waals surface area contributed by atoms with Crippen LogP contribution < -0.4 is 0 Å².